The summed E-state index contributed by atoms with van der Waals surface area (Å²) in [5.74, 6) is 0.323. The van der Waals surface area contributed by atoms with Crippen molar-refractivity contribution in [1.82, 2.24) is 0 Å². The minimum atomic E-state index is -1.42. The molecule has 1 aliphatic rings. The third-order valence-electron chi connectivity index (χ3n) is 4.52. The van der Waals surface area contributed by atoms with Crippen LogP contribution in [0.1, 0.15) is 30.9 Å². The second kappa shape index (κ2) is 10.8. The van der Waals surface area contributed by atoms with Gasteiger partial charge in [0.2, 0.25) is 0 Å². The van der Waals surface area contributed by atoms with Gasteiger partial charge in [-0.3, -0.25) is 14.7 Å². The number of aliphatic hydroxyl groups is 2. The Balaban J connectivity index is 1.86. The van der Waals surface area contributed by atoms with E-state index in [0.29, 0.717) is 27.4 Å². The standard InChI is InChI=1S/C23H25ClN2O4S/c1-3-11-25-23-26(18-7-5-4-6-15(18)2)22(29)20(31-23)14-16-8-9-19(17(24)13-16)30-12-10-21(27)28/h4-9,13-14,21,27-28H,3,10-12H2,1-2H3/b20-14+,25-23-. The van der Waals surface area contributed by atoms with Gasteiger partial charge in [-0.1, -0.05) is 42.8 Å². The van der Waals surface area contributed by atoms with Gasteiger partial charge in [0.1, 0.15) is 5.75 Å². The molecule has 2 aromatic rings. The van der Waals surface area contributed by atoms with Crippen molar-refractivity contribution < 1.29 is 19.7 Å². The number of aliphatic hydroxyl groups excluding tert-OH is 1. The minimum absolute atomic E-state index is 0.0852. The maximum Gasteiger partial charge on any atom is 0.271 e. The Morgan fingerprint density at radius 3 is 2.71 bits per heavy atom. The van der Waals surface area contributed by atoms with E-state index in [0.717, 1.165) is 23.2 Å². The number of para-hydroxylation sites is 1. The number of hydrogen-bond acceptors (Lipinski definition) is 6. The van der Waals surface area contributed by atoms with Gasteiger partial charge in [-0.05, 0) is 60.5 Å². The molecule has 0 bridgehead atoms. The van der Waals surface area contributed by atoms with Crippen molar-refractivity contribution in [2.75, 3.05) is 18.1 Å². The molecule has 0 unspecified atom stereocenters. The number of thioether (sulfide) groups is 1. The molecule has 0 aromatic heterocycles. The summed E-state index contributed by atoms with van der Waals surface area (Å²) in [4.78, 5) is 20.1. The maximum absolute atomic E-state index is 13.2. The lowest BCUT2D eigenvalue weighted by Crippen LogP contribution is -2.29. The molecular weight excluding hydrogens is 436 g/mol. The van der Waals surface area contributed by atoms with Gasteiger partial charge in [0.15, 0.2) is 11.5 Å². The maximum atomic E-state index is 13.2. The second-order valence-electron chi connectivity index (χ2n) is 7.01. The summed E-state index contributed by atoms with van der Waals surface area (Å²) >= 11 is 7.65. The van der Waals surface area contributed by atoms with Gasteiger partial charge >= 0.3 is 0 Å². The number of halogens is 1. The lowest BCUT2D eigenvalue weighted by atomic mass is 10.1. The predicted molar refractivity (Wildman–Crippen MR) is 127 cm³/mol. The first-order chi connectivity index (χ1) is 14.9. The fraction of sp³-hybridized carbons (Fsp3) is 0.304. The molecule has 6 nitrogen and oxygen atoms in total. The van der Waals surface area contributed by atoms with Crippen LogP contribution >= 0.6 is 23.4 Å². The van der Waals surface area contributed by atoms with Crippen molar-refractivity contribution in [2.45, 2.75) is 33.0 Å². The van der Waals surface area contributed by atoms with Crippen LogP contribution in [0.3, 0.4) is 0 Å². The molecule has 1 saturated heterocycles. The van der Waals surface area contributed by atoms with E-state index in [9.17, 15) is 4.79 Å². The summed E-state index contributed by atoms with van der Waals surface area (Å²) in [6.07, 6.45) is 1.35. The quantitative estimate of drug-likeness (QED) is 0.444. The van der Waals surface area contributed by atoms with E-state index in [4.69, 9.17) is 26.6 Å². The lowest BCUT2D eigenvalue weighted by molar-refractivity contribution is -0.113. The first-order valence-electron chi connectivity index (χ1n) is 10.0. The number of amides is 1. The van der Waals surface area contributed by atoms with Gasteiger partial charge in [-0.15, -0.1) is 0 Å². The molecule has 0 aliphatic carbocycles. The van der Waals surface area contributed by atoms with Crippen LogP contribution in [-0.4, -0.2) is 40.7 Å². The van der Waals surface area contributed by atoms with Gasteiger partial charge in [0.05, 0.1) is 22.2 Å². The molecular formula is C23H25ClN2O4S. The Kier molecular flexibility index (Phi) is 8.15. The Bertz CT molecular complexity index is 1010. The van der Waals surface area contributed by atoms with Crippen molar-refractivity contribution in [3.05, 3.63) is 63.5 Å². The SMILES string of the molecule is CCC/N=C1\S/C(=C/c2ccc(OCCC(O)O)c(Cl)c2)C(=O)N1c1ccccc1C. The molecule has 164 valence electrons. The van der Waals surface area contributed by atoms with Crippen molar-refractivity contribution in [3.8, 4) is 5.75 Å². The molecule has 1 fully saturated rings. The number of nitrogens with zero attached hydrogens (tertiary/aromatic N) is 2. The summed E-state index contributed by atoms with van der Waals surface area (Å²) in [6, 6.07) is 13.0. The number of benzene rings is 2. The lowest BCUT2D eigenvalue weighted by Gasteiger charge is -2.18. The van der Waals surface area contributed by atoms with E-state index < -0.39 is 6.29 Å². The number of anilines is 1. The third kappa shape index (κ3) is 5.89. The Labute approximate surface area is 191 Å². The Hall–Kier alpha value is -2.32. The van der Waals surface area contributed by atoms with Crippen LogP contribution in [0.25, 0.3) is 6.08 Å². The summed E-state index contributed by atoms with van der Waals surface area (Å²) in [7, 11) is 0. The van der Waals surface area contributed by atoms with Crippen LogP contribution in [-0.2, 0) is 4.79 Å². The van der Waals surface area contributed by atoms with Crippen molar-refractivity contribution in [3.63, 3.8) is 0 Å². The van der Waals surface area contributed by atoms with E-state index in [1.165, 1.54) is 11.8 Å². The number of amidine groups is 1. The second-order valence-corrected chi connectivity index (χ2v) is 8.43. The van der Waals surface area contributed by atoms with Crippen LogP contribution in [0, 0.1) is 6.92 Å². The van der Waals surface area contributed by atoms with Gasteiger partial charge in [-0.2, -0.15) is 0 Å². The van der Waals surface area contributed by atoms with Crippen LogP contribution in [0.2, 0.25) is 5.02 Å². The average molecular weight is 461 g/mol. The first kappa shape index (κ1) is 23.3. The number of carbonyl (C=O) groups is 1. The van der Waals surface area contributed by atoms with E-state index in [1.807, 2.05) is 38.1 Å². The summed E-state index contributed by atoms with van der Waals surface area (Å²) in [5, 5.41) is 18.9. The predicted octanol–water partition coefficient (Wildman–Crippen LogP) is 4.61. The van der Waals surface area contributed by atoms with Crippen molar-refractivity contribution in [2.24, 2.45) is 4.99 Å². The van der Waals surface area contributed by atoms with Crippen LogP contribution < -0.4 is 9.64 Å². The van der Waals surface area contributed by atoms with Gasteiger partial charge in [-0.25, -0.2) is 0 Å². The highest BCUT2D eigenvalue weighted by Gasteiger charge is 2.35. The molecule has 1 heterocycles. The molecule has 0 radical (unpaired) electrons. The molecule has 31 heavy (non-hydrogen) atoms. The number of rotatable bonds is 8. The Morgan fingerprint density at radius 2 is 2.03 bits per heavy atom. The topological polar surface area (TPSA) is 82.4 Å². The average Bonchev–Trinajstić information content (AvgIpc) is 3.03. The number of hydrogen-bond donors (Lipinski definition) is 2. The zero-order valence-electron chi connectivity index (χ0n) is 17.4. The van der Waals surface area contributed by atoms with Crippen LogP contribution in [0.5, 0.6) is 5.75 Å². The largest absolute Gasteiger partial charge is 0.492 e. The number of aliphatic imine (C=N–C) groups is 1. The van der Waals surface area contributed by atoms with Crippen LogP contribution in [0.15, 0.2) is 52.4 Å². The zero-order valence-corrected chi connectivity index (χ0v) is 19.0. The van der Waals surface area contributed by atoms with Gasteiger partial charge in [0.25, 0.3) is 5.91 Å². The highest BCUT2D eigenvalue weighted by atomic mass is 35.5. The smallest absolute Gasteiger partial charge is 0.271 e. The molecule has 0 atom stereocenters. The zero-order chi connectivity index (χ0) is 22.4. The number of carbonyl (C=O) groups excluding carboxylic acids is 1. The van der Waals surface area contributed by atoms with E-state index in [2.05, 4.69) is 4.99 Å². The monoisotopic (exact) mass is 460 g/mol. The molecule has 1 aliphatic heterocycles. The molecule has 0 saturated carbocycles. The normalized spacial score (nSPS) is 16.7. The van der Waals surface area contributed by atoms with Gasteiger partial charge in [0, 0.05) is 13.0 Å². The molecule has 3 rings (SSSR count). The van der Waals surface area contributed by atoms with Crippen molar-refractivity contribution >= 4 is 46.2 Å². The number of aryl methyl sites for hydroxylation is 1. The Morgan fingerprint density at radius 1 is 1.26 bits per heavy atom. The number of ether oxygens (including phenoxy) is 1. The first-order valence-corrected chi connectivity index (χ1v) is 11.2. The molecule has 2 aromatic carbocycles. The molecule has 0 spiro atoms. The van der Waals surface area contributed by atoms with E-state index in [1.54, 1.807) is 29.2 Å². The highest BCUT2D eigenvalue weighted by molar-refractivity contribution is 8.19. The third-order valence-corrected chi connectivity index (χ3v) is 5.82. The van der Waals surface area contributed by atoms with Crippen molar-refractivity contribution in [1.29, 1.82) is 0 Å². The summed E-state index contributed by atoms with van der Waals surface area (Å²) in [5.41, 5.74) is 2.59. The van der Waals surface area contributed by atoms with Crippen LogP contribution in [0.4, 0.5) is 5.69 Å². The van der Waals surface area contributed by atoms with E-state index >= 15 is 0 Å². The highest BCUT2D eigenvalue weighted by Crippen LogP contribution is 2.38. The fourth-order valence-electron chi connectivity index (χ4n) is 2.96. The van der Waals surface area contributed by atoms with Gasteiger partial charge < -0.3 is 14.9 Å². The van der Waals surface area contributed by atoms with E-state index in [-0.39, 0.29) is 18.9 Å². The molecule has 2 N–H and O–H groups in total. The summed E-state index contributed by atoms with van der Waals surface area (Å²) < 4.78 is 5.47. The molecule has 8 heteroatoms. The fourth-order valence-corrected chi connectivity index (χ4v) is 4.20. The molecule has 1 amide bonds. The summed E-state index contributed by atoms with van der Waals surface area (Å²) in [6.45, 7) is 4.80. The minimum Gasteiger partial charge on any atom is -0.492 e.